The number of hydrogen-bond acceptors (Lipinski definition) is 5. The van der Waals surface area contributed by atoms with E-state index in [0.717, 1.165) is 42.5 Å². The summed E-state index contributed by atoms with van der Waals surface area (Å²) < 4.78 is 7.93. The Bertz CT molecular complexity index is 2130. The van der Waals surface area contributed by atoms with Gasteiger partial charge in [-0.2, -0.15) is 0 Å². The fourth-order valence-corrected chi connectivity index (χ4v) is 5.67. The first-order valence-corrected chi connectivity index (χ1v) is 15.4. The zero-order chi connectivity index (χ0) is 31.5. The lowest BCUT2D eigenvalue weighted by Gasteiger charge is -2.14. The lowest BCUT2D eigenvalue weighted by Crippen LogP contribution is -2.33. The average Bonchev–Trinajstić information content (AvgIpc) is 3.35. The topological polar surface area (TPSA) is 112 Å². The van der Waals surface area contributed by atoms with E-state index in [0.29, 0.717) is 29.3 Å². The maximum absolute atomic E-state index is 13.2. The van der Waals surface area contributed by atoms with E-state index in [1.807, 2.05) is 55.5 Å². The number of rotatable bonds is 9. The summed E-state index contributed by atoms with van der Waals surface area (Å²) in [6.07, 6.45) is 0.538. The number of H-pyrrole nitrogens is 2. The van der Waals surface area contributed by atoms with Gasteiger partial charge < -0.3 is 14.8 Å². The van der Waals surface area contributed by atoms with Crippen molar-refractivity contribution in [1.82, 2.24) is 14.5 Å². The van der Waals surface area contributed by atoms with E-state index in [1.54, 1.807) is 48.5 Å². The molecular formula is C35H28BrClN4O4. The van der Waals surface area contributed by atoms with Crippen molar-refractivity contribution in [2.45, 2.75) is 20.0 Å². The van der Waals surface area contributed by atoms with E-state index in [9.17, 15) is 14.7 Å². The number of aromatic nitrogens is 3. The third-order valence-electron chi connectivity index (χ3n) is 7.50. The largest absolute Gasteiger partial charge is 0.493 e. The first kappa shape index (κ1) is 30.2. The number of aromatic amines is 2. The first-order valence-electron chi connectivity index (χ1n) is 14.2. The number of nitrogens with zero attached hydrogens (tertiary/aromatic N) is 2. The highest BCUT2D eigenvalue weighted by Gasteiger charge is 2.22. The zero-order valence-corrected chi connectivity index (χ0v) is 26.5. The Morgan fingerprint density at radius 1 is 0.956 bits per heavy atom. The molecule has 226 valence electrons. The van der Waals surface area contributed by atoms with Crippen LogP contribution in [0.1, 0.15) is 27.9 Å². The van der Waals surface area contributed by atoms with Crippen LogP contribution in [0.5, 0.6) is 11.6 Å². The standard InChI is InChI=1S/C35H28BrClN4O4/c1-21-28(29-19-27(15-16-30(29)39-21)45-20-22-5-3-2-4-6-22)17-18-38-32(23-7-11-25(37)12-8-23)31-33(42)40-35(44)41(34(31)43)26-13-9-24(36)10-14-26/h2-16,19,39,43H,17-18,20H2,1H3,(H,40,42,44). The van der Waals surface area contributed by atoms with Crippen molar-refractivity contribution < 1.29 is 9.84 Å². The molecule has 0 spiro atoms. The smallest absolute Gasteiger partial charge is 0.335 e. The van der Waals surface area contributed by atoms with Crippen molar-refractivity contribution in [3.05, 3.63) is 155 Å². The SMILES string of the molecule is Cc1[nH]c2ccc(OCc3ccccc3)cc2c1CCN=C(c1ccc(Cl)cc1)c1c(O)n(-c2ccc(Br)cc2)c(=O)[nH]c1=O. The molecule has 3 N–H and O–H groups in total. The number of halogens is 2. The predicted molar refractivity (Wildman–Crippen MR) is 181 cm³/mol. The van der Waals surface area contributed by atoms with Crippen LogP contribution in [0.15, 0.2) is 116 Å². The molecule has 0 radical (unpaired) electrons. The van der Waals surface area contributed by atoms with E-state index in [2.05, 4.69) is 25.9 Å². The van der Waals surface area contributed by atoms with Crippen LogP contribution >= 0.6 is 27.5 Å². The molecule has 10 heteroatoms. The summed E-state index contributed by atoms with van der Waals surface area (Å²) >= 11 is 9.54. The molecule has 0 unspecified atom stereocenters. The fourth-order valence-electron chi connectivity index (χ4n) is 5.28. The van der Waals surface area contributed by atoms with Gasteiger partial charge in [0.15, 0.2) is 0 Å². The van der Waals surface area contributed by atoms with Crippen LogP contribution in [-0.2, 0) is 13.0 Å². The molecule has 2 aromatic heterocycles. The van der Waals surface area contributed by atoms with Gasteiger partial charge in [-0.1, -0.05) is 70.0 Å². The minimum absolute atomic E-state index is 0.118. The number of benzene rings is 4. The molecule has 0 amide bonds. The first-order chi connectivity index (χ1) is 21.8. The van der Waals surface area contributed by atoms with Gasteiger partial charge in [0.1, 0.15) is 17.9 Å². The van der Waals surface area contributed by atoms with Gasteiger partial charge in [0.2, 0.25) is 5.88 Å². The Hall–Kier alpha value is -4.86. The van der Waals surface area contributed by atoms with Crippen molar-refractivity contribution in [1.29, 1.82) is 0 Å². The molecule has 4 aromatic carbocycles. The molecule has 0 saturated heterocycles. The minimum Gasteiger partial charge on any atom is -0.493 e. The molecule has 0 bridgehead atoms. The monoisotopic (exact) mass is 682 g/mol. The van der Waals surface area contributed by atoms with E-state index >= 15 is 0 Å². The molecule has 0 aliphatic rings. The van der Waals surface area contributed by atoms with Crippen LogP contribution in [0, 0.1) is 6.92 Å². The van der Waals surface area contributed by atoms with Crippen LogP contribution in [0.25, 0.3) is 16.6 Å². The molecule has 6 aromatic rings. The van der Waals surface area contributed by atoms with Gasteiger partial charge in [-0.05, 0) is 79.1 Å². The normalized spacial score (nSPS) is 11.7. The van der Waals surface area contributed by atoms with Crippen LogP contribution in [0.3, 0.4) is 0 Å². The van der Waals surface area contributed by atoms with E-state index < -0.39 is 17.1 Å². The summed E-state index contributed by atoms with van der Waals surface area (Å²) in [6, 6.07) is 29.6. The van der Waals surface area contributed by atoms with Gasteiger partial charge in [-0.25, -0.2) is 9.36 Å². The summed E-state index contributed by atoms with van der Waals surface area (Å²) in [5, 5.41) is 12.9. The molecule has 6 rings (SSSR count). The summed E-state index contributed by atoms with van der Waals surface area (Å²) in [5.74, 6) is 0.242. The molecule has 8 nitrogen and oxygen atoms in total. The van der Waals surface area contributed by atoms with E-state index in [-0.39, 0.29) is 17.8 Å². The second-order valence-electron chi connectivity index (χ2n) is 10.5. The minimum atomic E-state index is -0.765. The maximum Gasteiger partial charge on any atom is 0.335 e. The van der Waals surface area contributed by atoms with Crippen LogP contribution in [0.4, 0.5) is 0 Å². The highest BCUT2D eigenvalue weighted by Crippen LogP contribution is 2.28. The number of aromatic hydroxyl groups is 1. The van der Waals surface area contributed by atoms with Crippen LogP contribution in [0.2, 0.25) is 5.02 Å². The fraction of sp³-hybridized carbons (Fsp3) is 0.114. The van der Waals surface area contributed by atoms with Crippen molar-refractivity contribution in [2.24, 2.45) is 4.99 Å². The molecular weight excluding hydrogens is 656 g/mol. The molecule has 0 fully saturated rings. The van der Waals surface area contributed by atoms with Crippen molar-refractivity contribution in [2.75, 3.05) is 6.54 Å². The van der Waals surface area contributed by atoms with Gasteiger partial charge >= 0.3 is 5.69 Å². The van der Waals surface area contributed by atoms with E-state index in [4.69, 9.17) is 21.3 Å². The van der Waals surface area contributed by atoms with Gasteiger partial charge in [-0.3, -0.25) is 14.8 Å². The summed E-state index contributed by atoms with van der Waals surface area (Å²) in [4.78, 5) is 36.7. The quantitative estimate of drug-likeness (QED) is 0.141. The number of aryl methyl sites for hydroxylation is 1. The van der Waals surface area contributed by atoms with Gasteiger partial charge in [-0.15, -0.1) is 0 Å². The number of nitrogens with one attached hydrogen (secondary N) is 2. The number of ether oxygens (including phenoxy) is 1. The van der Waals surface area contributed by atoms with Gasteiger partial charge in [0.05, 0.1) is 11.4 Å². The van der Waals surface area contributed by atoms with Crippen LogP contribution in [-0.4, -0.2) is 31.9 Å². The predicted octanol–water partition coefficient (Wildman–Crippen LogP) is 7.10. The Kier molecular flexibility index (Phi) is 8.73. The van der Waals surface area contributed by atoms with Crippen molar-refractivity contribution >= 4 is 44.1 Å². The Morgan fingerprint density at radius 2 is 1.69 bits per heavy atom. The lowest BCUT2D eigenvalue weighted by atomic mass is 10.0. The Morgan fingerprint density at radius 3 is 2.42 bits per heavy atom. The molecule has 0 aliphatic carbocycles. The molecule has 45 heavy (non-hydrogen) atoms. The van der Waals surface area contributed by atoms with Crippen molar-refractivity contribution in [3.63, 3.8) is 0 Å². The Balaban J connectivity index is 1.36. The van der Waals surface area contributed by atoms with Gasteiger partial charge in [0.25, 0.3) is 5.56 Å². The number of hydrogen-bond donors (Lipinski definition) is 3. The second-order valence-corrected chi connectivity index (χ2v) is 11.8. The average molecular weight is 684 g/mol. The van der Waals surface area contributed by atoms with Crippen molar-refractivity contribution in [3.8, 4) is 17.3 Å². The van der Waals surface area contributed by atoms with E-state index in [1.165, 1.54) is 0 Å². The molecule has 0 atom stereocenters. The third kappa shape index (κ3) is 6.50. The lowest BCUT2D eigenvalue weighted by molar-refractivity contribution is 0.306. The number of aliphatic imine (C=N–C) groups is 1. The summed E-state index contributed by atoms with van der Waals surface area (Å²) in [5.41, 5.74) is 3.67. The molecule has 2 heterocycles. The van der Waals surface area contributed by atoms with Gasteiger partial charge in [0, 0.05) is 38.2 Å². The number of fused-ring (bicyclic) bond motifs is 1. The third-order valence-corrected chi connectivity index (χ3v) is 8.28. The molecule has 0 aliphatic heterocycles. The summed E-state index contributed by atoms with van der Waals surface area (Å²) in [7, 11) is 0. The maximum atomic E-state index is 13.2. The second kappa shape index (κ2) is 13.0. The molecule has 0 saturated carbocycles. The highest BCUT2D eigenvalue weighted by molar-refractivity contribution is 9.10. The summed E-state index contributed by atoms with van der Waals surface area (Å²) in [6.45, 7) is 2.76. The highest BCUT2D eigenvalue weighted by atomic mass is 79.9. The van der Waals surface area contributed by atoms with Crippen LogP contribution < -0.4 is 16.0 Å². The Labute approximate surface area is 271 Å². The zero-order valence-electron chi connectivity index (χ0n) is 24.2.